The van der Waals surface area contributed by atoms with Crippen molar-refractivity contribution in [2.24, 2.45) is 0 Å². The molecule has 0 aromatic heterocycles. The Labute approximate surface area is 181 Å². The number of rotatable bonds is 3. The highest BCUT2D eigenvalue weighted by Crippen LogP contribution is 2.52. The Morgan fingerprint density at radius 1 is 0.941 bits per heavy atom. The van der Waals surface area contributed by atoms with Crippen LogP contribution in [0, 0.1) is 0 Å². The third-order valence-corrected chi connectivity index (χ3v) is 5.38. The van der Waals surface area contributed by atoms with Gasteiger partial charge in [-0.15, -0.1) is 0 Å². The summed E-state index contributed by atoms with van der Waals surface area (Å²) >= 11 is 13.5. The summed E-state index contributed by atoms with van der Waals surface area (Å²) in [4.78, 5) is 11.5. The highest BCUT2D eigenvalue weighted by Gasteiger charge is 2.33. The third-order valence-electron chi connectivity index (χ3n) is 1.89. The van der Waals surface area contributed by atoms with Gasteiger partial charge >= 0.3 is 5.97 Å². The number of carboxylic acids is 1. The summed E-state index contributed by atoms with van der Waals surface area (Å²) in [5, 5.41) is 9.45. The molecule has 0 bridgehead atoms. The van der Waals surface area contributed by atoms with Crippen LogP contribution in [0.25, 0.3) is 0 Å². The van der Waals surface area contributed by atoms with Crippen molar-refractivity contribution in [3.63, 3.8) is 0 Å². The van der Waals surface area contributed by atoms with Crippen LogP contribution in [0.4, 0.5) is 0 Å². The number of hydrogen-bond acceptors (Lipinski definition) is 1. The molecule has 0 spiro atoms. The average molecular weight is 906 g/mol. The van der Waals surface area contributed by atoms with E-state index in [1.54, 1.807) is 0 Å². The zero-order valence-corrected chi connectivity index (χ0v) is 20.8. The molecule has 17 heavy (non-hydrogen) atoms. The molecule has 0 aliphatic rings. The summed E-state index contributed by atoms with van der Waals surface area (Å²) in [7, 11) is 0. The van der Waals surface area contributed by atoms with Crippen LogP contribution in [-0.2, 0) is -1.13 Å². The van der Waals surface area contributed by atoms with Gasteiger partial charge in [0.25, 0.3) is 0 Å². The Kier molecular flexibility index (Phi) is 7.34. The Morgan fingerprint density at radius 3 is 1.53 bits per heavy atom. The molecule has 0 heterocycles. The summed E-state index contributed by atoms with van der Waals surface area (Å²) in [5.41, 5.74) is 2.11. The lowest BCUT2D eigenvalue weighted by atomic mass is 10.0. The molecule has 94 valence electrons. The molecule has 0 fully saturated rings. The maximum absolute atomic E-state index is 11.5. The van der Waals surface area contributed by atoms with Crippen LogP contribution in [0.1, 0.15) is 21.5 Å². The molecular weight excluding hydrogens is 902 g/mol. The fourth-order valence-electron chi connectivity index (χ4n) is 1.26. The molecule has 0 radical (unpaired) electrons. The Hall–Kier alpha value is 3.07. The van der Waals surface area contributed by atoms with E-state index >= 15 is 0 Å². The first-order chi connectivity index (χ1) is 7.55. The fourth-order valence-corrected chi connectivity index (χ4v) is 3.95. The molecule has 0 unspecified atom stereocenters. The first kappa shape index (κ1) is 18.1. The molecule has 0 saturated heterocycles. The summed E-state index contributed by atoms with van der Waals surface area (Å²) in [5.74, 6) is -0.862. The van der Waals surface area contributed by atoms with Gasteiger partial charge in [-0.1, -0.05) is 18.2 Å². The van der Waals surface area contributed by atoms with Crippen molar-refractivity contribution in [1.29, 1.82) is 0 Å². The predicted molar refractivity (Wildman–Crippen MR) is 121 cm³/mol. The molecule has 0 saturated carbocycles. The molecule has 0 aliphatic carbocycles. The van der Waals surface area contributed by atoms with Crippen molar-refractivity contribution in [2.75, 3.05) is 0 Å². The maximum Gasteiger partial charge on any atom is 0.336 e. The Bertz CT molecular complexity index is 414. The number of benzene rings is 1. The van der Waals surface area contributed by atoms with Gasteiger partial charge in [-0.05, 0) is 136 Å². The van der Waals surface area contributed by atoms with Crippen LogP contribution in [0.15, 0.2) is 18.2 Å². The third kappa shape index (κ3) is 5.08. The highest BCUT2D eigenvalue weighted by atomic mass is 127. The van der Waals surface area contributed by atoms with E-state index < -0.39 is 5.97 Å². The second-order valence-corrected chi connectivity index (χ2v) is 25.1. The van der Waals surface area contributed by atoms with Crippen molar-refractivity contribution in [3.8, 4) is 0 Å². The number of carbonyl (C=O) groups is 1. The van der Waals surface area contributed by atoms with Gasteiger partial charge in [-0.2, -0.15) is 0 Å². The Morgan fingerprint density at radius 2 is 1.29 bits per heavy atom. The van der Waals surface area contributed by atoms with Crippen LogP contribution in [0.5, 0.6) is 0 Å². The van der Waals surface area contributed by atoms with E-state index in [0.717, 1.165) is 11.1 Å². The van der Waals surface area contributed by atoms with Gasteiger partial charge in [0.05, 0.1) is 5.56 Å². The summed E-state index contributed by atoms with van der Waals surface area (Å²) < 4.78 is -0.516. The van der Waals surface area contributed by atoms with E-state index in [1.165, 1.54) is 0 Å². The van der Waals surface area contributed by atoms with Crippen molar-refractivity contribution >= 4 is 142 Å². The van der Waals surface area contributed by atoms with Crippen LogP contribution >= 0.6 is 136 Å². The van der Waals surface area contributed by atoms with Gasteiger partial charge < -0.3 is 5.11 Å². The van der Waals surface area contributed by atoms with Crippen LogP contribution < -0.4 is 0 Å². The molecule has 8 heteroatoms. The van der Waals surface area contributed by atoms with E-state index in [4.69, 9.17) is 0 Å². The quantitative estimate of drug-likeness (QED) is 0.290. The second kappa shape index (κ2) is 6.89. The molecule has 2 nitrogen and oxygen atoms in total. The number of aromatic carboxylic acids is 1. The lowest BCUT2D eigenvalue weighted by Gasteiger charge is -2.22. The first-order valence-corrected chi connectivity index (χ1v) is 10.5. The van der Waals surface area contributed by atoms with E-state index in [2.05, 4.69) is 136 Å². The van der Waals surface area contributed by atoms with E-state index in [0.29, 0.717) is 5.56 Å². The predicted octanol–water partition coefficient (Wildman–Crippen LogP) is 6.22. The van der Waals surface area contributed by atoms with E-state index in [9.17, 15) is 9.90 Å². The van der Waals surface area contributed by atoms with Crippen LogP contribution in [0.2, 0.25) is 0 Å². The summed E-state index contributed by atoms with van der Waals surface area (Å²) in [6, 6.07) is 5.69. The minimum atomic E-state index is -0.862. The van der Waals surface area contributed by atoms with Gasteiger partial charge in [0, 0.05) is 11.1 Å². The minimum absolute atomic E-state index is 0.258. The molecule has 1 aromatic carbocycles. The van der Waals surface area contributed by atoms with Gasteiger partial charge in [-0.25, -0.2) is 4.79 Å². The highest BCUT2D eigenvalue weighted by molar-refractivity contribution is 14.3. The van der Waals surface area contributed by atoms with Crippen molar-refractivity contribution in [1.82, 2.24) is 0 Å². The molecule has 0 amide bonds. The Balaban J connectivity index is 3.61. The smallest absolute Gasteiger partial charge is 0.336 e. The standard InChI is InChI=1S/C9H4I6O2/c10-8(11,12)4-2-1-3-5(9(13,14)15)6(4)7(16)17/h1-3H,(H,16,17). The number of alkyl halides is 6. The van der Waals surface area contributed by atoms with Gasteiger partial charge in [0.15, 0.2) is 0 Å². The van der Waals surface area contributed by atoms with Crippen molar-refractivity contribution in [2.45, 2.75) is -1.13 Å². The van der Waals surface area contributed by atoms with Gasteiger partial charge in [0.1, 0.15) is -1.13 Å². The molecular formula is C9H4I6O2. The second-order valence-electron chi connectivity index (χ2n) is 3.03. The van der Waals surface area contributed by atoms with E-state index in [1.807, 2.05) is 18.2 Å². The molecule has 0 atom stereocenters. The lowest BCUT2D eigenvalue weighted by Crippen LogP contribution is -2.15. The number of halogens is 6. The fraction of sp³-hybridized carbons (Fsp3) is 0.222. The maximum atomic E-state index is 11.5. The summed E-state index contributed by atoms with van der Waals surface area (Å²) in [6.45, 7) is 0. The van der Waals surface area contributed by atoms with Crippen molar-refractivity contribution in [3.05, 3.63) is 34.9 Å². The molecule has 0 aliphatic heterocycles. The zero-order chi connectivity index (χ0) is 13.4. The minimum Gasteiger partial charge on any atom is -0.478 e. The zero-order valence-electron chi connectivity index (χ0n) is 7.86. The van der Waals surface area contributed by atoms with E-state index in [-0.39, 0.29) is -1.13 Å². The number of carboxylic acid groups (broad SMARTS) is 1. The van der Waals surface area contributed by atoms with Crippen LogP contribution in [0.3, 0.4) is 0 Å². The largest absolute Gasteiger partial charge is 0.478 e. The molecule has 1 N–H and O–H groups in total. The van der Waals surface area contributed by atoms with Crippen molar-refractivity contribution < 1.29 is 9.90 Å². The molecule has 1 rings (SSSR count). The van der Waals surface area contributed by atoms with Gasteiger partial charge in [0.2, 0.25) is 0 Å². The topological polar surface area (TPSA) is 37.3 Å². The average Bonchev–Trinajstić information content (AvgIpc) is 2.13. The lowest BCUT2D eigenvalue weighted by molar-refractivity contribution is 0.0695. The van der Waals surface area contributed by atoms with Crippen LogP contribution in [-0.4, -0.2) is 11.1 Å². The number of hydrogen-bond donors (Lipinski definition) is 1. The molecule has 1 aromatic rings. The normalized spacial score (nSPS) is 12.6. The monoisotopic (exact) mass is 905 g/mol. The first-order valence-electron chi connectivity index (χ1n) is 4.06. The van der Waals surface area contributed by atoms with Gasteiger partial charge in [-0.3, -0.25) is 0 Å². The SMILES string of the molecule is O=C(O)c1c(C(I)(I)I)cccc1C(I)(I)I. The summed E-state index contributed by atoms with van der Waals surface area (Å²) in [6.07, 6.45) is 0.